The average Bonchev–Trinajstić information content (AvgIpc) is 3.07. The summed E-state index contributed by atoms with van der Waals surface area (Å²) in [5.41, 5.74) is 0.689. The molecule has 0 radical (unpaired) electrons. The number of hydrogen-bond donors (Lipinski definition) is 2. The van der Waals surface area contributed by atoms with Crippen molar-refractivity contribution < 1.29 is 4.79 Å². The van der Waals surface area contributed by atoms with E-state index in [1.165, 1.54) is 17.0 Å². The van der Waals surface area contributed by atoms with Crippen molar-refractivity contribution in [3.05, 3.63) is 64.6 Å². The van der Waals surface area contributed by atoms with Crippen LogP contribution in [0.5, 0.6) is 0 Å². The number of anilines is 1. The first-order valence-electron chi connectivity index (χ1n) is 8.07. The van der Waals surface area contributed by atoms with E-state index in [-0.39, 0.29) is 11.1 Å². The molecule has 9 heteroatoms. The Bertz CT molecular complexity index is 977. The summed E-state index contributed by atoms with van der Waals surface area (Å²) in [6, 6.07) is 6.82. The van der Waals surface area contributed by atoms with E-state index in [4.69, 9.17) is 0 Å². The molecule has 9 nitrogen and oxygen atoms in total. The van der Waals surface area contributed by atoms with Gasteiger partial charge in [0.15, 0.2) is 5.82 Å². The second-order valence-corrected chi connectivity index (χ2v) is 5.68. The number of pyridine rings is 1. The molecule has 1 amide bonds. The fourth-order valence-corrected chi connectivity index (χ4v) is 2.34. The van der Waals surface area contributed by atoms with E-state index in [1.54, 1.807) is 30.1 Å². The van der Waals surface area contributed by atoms with Crippen LogP contribution in [0.3, 0.4) is 0 Å². The van der Waals surface area contributed by atoms with Crippen LogP contribution in [0.2, 0.25) is 0 Å². The SMILES string of the molecule is Cc1ccn(-c2cc(NCCNC(=O)c3cccn(C)c3=O)ncn2)n1. The molecule has 0 aliphatic rings. The van der Waals surface area contributed by atoms with E-state index < -0.39 is 5.91 Å². The number of carbonyl (C=O) groups is 1. The molecule has 0 saturated carbocycles. The van der Waals surface area contributed by atoms with Crippen LogP contribution in [0.4, 0.5) is 5.82 Å². The zero-order chi connectivity index (χ0) is 18.5. The minimum atomic E-state index is -0.400. The molecule has 3 heterocycles. The van der Waals surface area contributed by atoms with Gasteiger partial charge in [-0.3, -0.25) is 9.59 Å². The molecule has 0 atom stereocenters. The lowest BCUT2D eigenvalue weighted by Gasteiger charge is -2.08. The summed E-state index contributed by atoms with van der Waals surface area (Å²) in [5.74, 6) is 0.865. The molecule has 0 unspecified atom stereocenters. The molecule has 134 valence electrons. The number of rotatable bonds is 6. The van der Waals surface area contributed by atoms with Gasteiger partial charge in [0, 0.05) is 38.6 Å². The normalized spacial score (nSPS) is 10.5. The summed E-state index contributed by atoms with van der Waals surface area (Å²) in [5, 5.41) is 10.1. The van der Waals surface area contributed by atoms with Gasteiger partial charge in [0.1, 0.15) is 17.7 Å². The third-order valence-corrected chi connectivity index (χ3v) is 3.69. The molecule has 2 N–H and O–H groups in total. The summed E-state index contributed by atoms with van der Waals surface area (Å²) in [6.45, 7) is 2.70. The zero-order valence-corrected chi connectivity index (χ0v) is 14.5. The Morgan fingerprint density at radius 3 is 2.81 bits per heavy atom. The van der Waals surface area contributed by atoms with Gasteiger partial charge in [-0.2, -0.15) is 5.10 Å². The summed E-state index contributed by atoms with van der Waals surface area (Å²) < 4.78 is 3.03. The number of aromatic nitrogens is 5. The Morgan fingerprint density at radius 1 is 1.19 bits per heavy atom. The maximum atomic E-state index is 12.1. The summed E-state index contributed by atoms with van der Waals surface area (Å²) >= 11 is 0. The monoisotopic (exact) mass is 353 g/mol. The molecular weight excluding hydrogens is 334 g/mol. The van der Waals surface area contributed by atoms with Gasteiger partial charge in [-0.1, -0.05) is 0 Å². The maximum absolute atomic E-state index is 12.1. The predicted molar refractivity (Wildman–Crippen MR) is 96.4 cm³/mol. The molecule has 0 fully saturated rings. The second kappa shape index (κ2) is 7.60. The lowest BCUT2D eigenvalue weighted by Crippen LogP contribution is -2.34. The molecule has 0 aromatic carbocycles. The van der Waals surface area contributed by atoms with Crippen molar-refractivity contribution in [2.24, 2.45) is 7.05 Å². The van der Waals surface area contributed by atoms with Gasteiger partial charge in [-0.25, -0.2) is 14.6 Å². The summed E-state index contributed by atoms with van der Waals surface area (Å²) in [4.78, 5) is 32.3. The van der Waals surface area contributed by atoms with E-state index in [0.29, 0.717) is 24.7 Å². The highest BCUT2D eigenvalue weighted by Crippen LogP contribution is 2.08. The molecule has 26 heavy (non-hydrogen) atoms. The molecular formula is C17H19N7O2. The van der Waals surface area contributed by atoms with Crippen LogP contribution in [-0.4, -0.2) is 43.3 Å². The van der Waals surface area contributed by atoms with Crippen LogP contribution < -0.4 is 16.2 Å². The fourth-order valence-electron chi connectivity index (χ4n) is 2.34. The quantitative estimate of drug-likeness (QED) is 0.626. The van der Waals surface area contributed by atoms with Gasteiger partial charge in [0.25, 0.3) is 11.5 Å². The first-order valence-corrected chi connectivity index (χ1v) is 8.07. The fraction of sp³-hybridized carbons (Fsp3) is 0.235. The largest absolute Gasteiger partial charge is 0.368 e. The predicted octanol–water partition coefficient (Wildman–Crippen LogP) is 0.511. The second-order valence-electron chi connectivity index (χ2n) is 5.68. The number of nitrogens with zero attached hydrogens (tertiary/aromatic N) is 5. The highest BCUT2D eigenvalue weighted by molar-refractivity contribution is 5.93. The molecule has 3 aromatic heterocycles. The van der Waals surface area contributed by atoms with Crippen LogP contribution in [0.25, 0.3) is 5.82 Å². The van der Waals surface area contributed by atoms with Crippen LogP contribution in [0.15, 0.2) is 47.8 Å². The van der Waals surface area contributed by atoms with Crippen LogP contribution in [-0.2, 0) is 7.05 Å². The average molecular weight is 353 g/mol. The van der Waals surface area contributed by atoms with Crippen LogP contribution in [0.1, 0.15) is 16.1 Å². The van der Waals surface area contributed by atoms with Crippen molar-refractivity contribution in [2.75, 3.05) is 18.4 Å². The highest BCUT2D eigenvalue weighted by Gasteiger charge is 2.10. The van der Waals surface area contributed by atoms with Crippen molar-refractivity contribution in [3.8, 4) is 5.82 Å². The first-order chi connectivity index (χ1) is 12.5. The zero-order valence-electron chi connectivity index (χ0n) is 14.5. The molecule has 0 saturated heterocycles. The third-order valence-electron chi connectivity index (χ3n) is 3.69. The number of nitrogens with one attached hydrogen (secondary N) is 2. The van der Waals surface area contributed by atoms with E-state index in [0.717, 1.165) is 5.69 Å². The summed E-state index contributed by atoms with van der Waals surface area (Å²) in [7, 11) is 1.61. The van der Waals surface area contributed by atoms with Crippen LogP contribution in [0, 0.1) is 6.92 Å². The Balaban J connectivity index is 1.55. The Morgan fingerprint density at radius 2 is 2.04 bits per heavy atom. The van der Waals surface area contributed by atoms with E-state index >= 15 is 0 Å². The number of carbonyl (C=O) groups excluding carboxylic acids is 1. The van der Waals surface area contributed by atoms with Gasteiger partial charge in [-0.05, 0) is 25.1 Å². The Kier molecular flexibility index (Phi) is 5.07. The van der Waals surface area contributed by atoms with Crippen molar-refractivity contribution in [1.82, 2.24) is 29.6 Å². The van der Waals surface area contributed by atoms with Crippen molar-refractivity contribution >= 4 is 11.7 Å². The lowest BCUT2D eigenvalue weighted by molar-refractivity contribution is 0.0953. The molecule has 3 rings (SSSR count). The summed E-state index contributed by atoms with van der Waals surface area (Å²) in [6.07, 6.45) is 4.87. The van der Waals surface area contributed by atoms with E-state index in [1.807, 2.05) is 19.2 Å². The molecule has 0 spiro atoms. The Labute approximate surface area is 149 Å². The highest BCUT2D eigenvalue weighted by atomic mass is 16.2. The smallest absolute Gasteiger partial charge is 0.263 e. The number of aryl methyl sites for hydroxylation is 2. The minimum Gasteiger partial charge on any atom is -0.368 e. The molecule has 3 aromatic rings. The maximum Gasteiger partial charge on any atom is 0.263 e. The van der Waals surface area contributed by atoms with Crippen molar-refractivity contribution in [3.63, 3.8) is 0 Å². The van der Waals surface area contributed by atoms with E-state index in [9.17, 15) is 9.59 Å². The lowest BCUT2D eigenvalue weighted by atomic mass is 10.2. The topological polar surface area (TPSA) is 107 Å². The first kappa shape index (κ1) is 17.3. The standard InChI is InChI=1S/C17H19N7O2/c1-12-5-9-24(22-12)15-10-14(20-11-21-15)18-6-7-19-16(25)13-4-3-8-23(2)17(13)26/h3-5,8-11H,6-7H2,1-2H3,(H,19,25)(H,18,20,21). The Hall–Kier alpha value is -3.49. The van der Waals surface area contributed by atoms with Gasteiger partial charge in [0.2, 0.25) is 0 Å². The molecule has 0 bridgehead atoms. The van der Waals surface area contributed by atoms with Gasteiger partial charge in [0.05, 0.1) is 5.69 Å². The number of hydrogen-bond acceptors (Lipinski definition) is 6. The molecule has 0 aliphatic carbocycles. The third kappa shape index (κ3) is 3.94. The van der Waals surface area contributed by atoms with Gasteiger partial charge < -0.3 is 15.2 Å². The van der Waals surface area contributed by atoms with Gasteiger partial charge in [-0.15, -0.1) is 0 Å². The number of amides is 1. The van der Waals surface area contributed by atoms with Gasteiger partial charge >= 0.3 is 0 Å². The van der Waals surface area contributed by atoms with Crippen molar-refractivity contribution in [2.45, 2.75) is 6.92 Å². The van der Waals surface area contributed by atoms with Crippen LogP contribution >= 0.6 is 0 Å². The van der Waals surface area contributed by atoms with E-state index in [2.05, 4.69) is 25.7 Å². The minimum absolute atomic E-state index is 0.119. The molecule has 0 aliphatic heterocycles. The van der Waals surface area contributed by atoms with Crippen molar-refractivity contribution in [1.29, 1.82) is 0 Å².